The molecule has 4 rings (SSSR count). The normalized spacial score (nSPS) is 17.8. The number of aromatic nitrogens is 3. The number of carbonyl (C=O) groups is 1. The molecule has 0 radical (unpaired) electrons. The van der Waals surface area contributed by atoms with E-state index in [-0.39, 0.29) is 11.9 Å². The van der Waals surface area contributed by atoms with Gasteiger partial charge in [0.05, 0.1) is 25.2 Å². The number of amides is 1. The van der Waals surface area contributed by atoms with Crippen LogP contribution in [0.2, 0.25) is 0 Å². The Bertz CT molecular complexity index is 814. The summed E-state index contributed by atoms with van der Waals surface area (Å²) in [6.45, 7) is 1.34. The Hall–Kier alpha value is -2.93. The van der Waals surface area contributed by atoms with Gasteiger partial charge in [-0.3, -0.25) is 4.79 Å². The quantitative estimate of drug-likeness (QED) is 0.737. The van der Waals surface area contributed by atoms with Gasteiger partial charge in [-0.25, -0.2) is 9.67 Å². The molecular formula is C17H16N4O3. The predicted molar refractivity (Wildman–Crippen MR) is 84.7 cm³/mol. The first-order valence-corrected chi connectivity index (χ1v) is 7.72. The number of carbonyl (C=O) groups excluding carboxylic acids is 1. The van der Waals surface area contributed by atoms with Crippen molar-refractivity contribution in [2.75, 3.05) is 19.8 Å². The Morgan fingerprint density at radius 2 is 2.04 bits per heavy atom. The molecule has 1 atom stereocenters. The number of ether oxygens (including phenoxy) is 1. The first-order chi connectivity index (χ1) is 11.8. The minimum Gasteiger partial charge on any atom is -0.459 e. The zero-order valence-corrected chi connectivity index (χ0v) is 12.9. The fraction of sp³-hybridized carbons (Fsp3) is 0.235. The highest BCUT2D eigenvalue weighted by molar-refractivity contribution is 5.91. The zero-order valence-electron chi connectivity index (χ0n) is 12.9. The summed E-state index contributed by atoms with van der Waals surface area (Å²) < 4.78 is 12.6. The smallest absolute Gasteiger partial charge is 0.290 e. The number of rotatable bonds is 3. The van der Waals surface area contributed by atoms with Gasteiger partial charge < -0.3 is 14.1 Å². The molecule has 0 aliphatic carbocycles. The van der Waals surface area contributed by atoms with Crippen LogP contribution in [0.4, 0.5) is 0 Å². The average molecular weight is 324 g/mol. The molecule has 0 N–H and O–H groups in total. The first-order valence-electron chi connectivity index (χ1n) is 7.72. The van der Waals surface area contributed by atoms with Gasteiger partial charge >= 0.3 is 0 Å². The predicted octanol–water partition coefficient (Wildman–Crippen LogP) is 2.07. The summed E-state index contributed by atoms with van der Waals surface area (Å²) in [6.07, 6.45) is 2.99. The van der Waals surface area contributed by atoms with Gasteiger partial charge in [0.1, 0.15) is 12.4 Å². The number of benzene rings is 1. The first kappa shape index (κ1) is 14.6. The van der Waals surface area contributed by atoms with E-state index in [2.05, 4.69) is 10.1 Å². The monoisotopic (exact) mass is 324 g/mol. The summed E-state index contributed by atoms with van der Waals surface area (Å²) in [5.41, 5.74) is 0.890. The topological polar surface area (TPSA) is 73.4 Å². The van der Waals surface area contributed by atoms with Crippen molar-refractivity contribution in [1.82, 2.24) is 19.7 Å². The zero-order chi connectivity index (χ0) is 16.4. The highest BCUT2D eigenvalue weighted by Crippen LogP contribution is 2.26. The maximum absolute atomic E-state index is 12.7. The van der Waals surface area contributed by atoms with Crippen molar-refractivity contribution < 1.29 is 13.9 Å². The third kappa shape index (κ3) is 2.59. The molecule has 0 saturated carbocycles. The third-order valence-corrected chi connectivity index (χ3v) is 3.99. The van der Waals surface area contributed by atoms with Crippen LogP contribution < -0.4 is 0 Å². The summed E-state index contributed by atoms with van der Waals surface area (Å²) in [4.78, 5) is 18.8. The number of furan rings is 1. The second kappa shape index (κ2) is 6.29. The minimum atomic E-state index is -0.320. The molecule has 1 amide bonds. The Labute approximate surface area is 138 Å². The summed E-state index contributed by atoms with van der Waals surface area (Å²) >= 11 is 0. The van der Waals surface area contributed by atoms with Gasteiger partial charge in [-0.1, -0.05) is 18.2 Å². The van der Waals surface area contributed by atoms with Gasteiger partial charge in [0, 0.05) is 6.54 Å². The van der Waals surface area contributed by atoms with Crippen LogP contribution >= 0.6 is 0 Å². The lowest BCUT2D eigenvalue weighted by Gasteiger charge is -2.34. The van der Waals surface area contributed by atoms with E-state index >= 15 is 0 Å². The van der Waals surface area contributed by atoms with E-state index in [1.165, 1.54) is 12.6 Å². The molecule has 2 aromatic heterocycles. The third-order valence-electron chi connectivity index (χ3n) is 3.99. The van der Waals surface area contributed by atoms with Crippen LogP contribution in [0.3, 0.4) is 0 Å². The van der Waals surface area contributed by atoms with E-state index in [1.807, 2.05) is 30.3 Å². The second-order valence-electron chi connectivity index (χ2n) is 5.43. The van der Waals surface area contributed by atoms with Crippen molar-refractivity contribution in [2.45, 2.75) is 6.04 Å². The lowest BCUT2D eigenvalue weighted by atomic mass is 10.2. The van der Waals surface area contributed by atoms with Gasteiger partial charge in [-0.15, -0.1) is 0 Å². The summed E-state index contributed by atoms with van der Waals surface area (Å²) in [5, 5.41) is 4.31. The number of hydrogen-bond acceptors (Lipinski definition) is 5. The van der Waals surface area contributed by atoms with Crippen LogP contribution in [0.15, 0.2) is 59.5 Å². The lowest BCUT2D eigenvalue weighted by molar-refractivity contribution is -0.00731. The minimum absolute atomic E-state index is 0.170. The molecule has 0 spiro atoms. The fourth-order valence-corrected chi connectivity index (χ4v) is 2.85. The number of hydrogen-bond donors (Lipinski definition) is 0. The summed E-state index contributed by atoms with van der Waals surface area (Å²) in [7, 11) is 0. The van der Waals surface area contributed by atoms with E-state index in [0.717, 1.165) is 5.69 Å². The Balaban J connectivity index is 1.70. The number of nitrogens with zero attached hydrogens (tertiary/aromatic N) is 4. The summed E-state index contributed by atoms with van der Waals surface area (Å²) in [6, 6.07) is 12.7. The molecule has 1 aliphatic rings. The van der Waals surface area contributed by atoms with Gasteiger partial charge in [0.2, 0.25) is 0 Å². The van der Waals surface area contributed by atoms with E-state index < -0.39 is 0 Å². The van der Waals surface area contributed by atoms with E-state index in [0.29, 0.717) is 31.3 Å². The van der Waals surface area contributed by atoms with Crippen LogP contribution in [0.25, 0.3) is 5.69 Å². The Morgan fingerprint density at radius 3 is 2.83 bits per heavy atom. The molecule has 24 heavy (non-hydrogen) atoms. The van der Waals surface area contributed by atoms with E-state index in [9.17, 15) is 4.79 Å². The highest BCUT2D eigenvalue weighted by atomic mass is 16.5. The average Bonchev–Trinajstić information content (AvgIpc) is 3.33. The van der Waals surface area contributed by atoms with Gasteiger partial charge in [0.15, 0.2) is 11.6 Å². The maximum Gasteiger partial charge on any atom is 0.290 e. The summed E-state index contributed by atoms with van der Waals surface area (Å²) in [5.74, 6) is 0.810. The second-order valence-corrected chi connectivity index (χ2v) is 5.43. The lowest BCUT2D eigenvalue weighted by Crippen LogP contribution is -2.44. The van der Waals surface area contributed by atoms with Gasteiger partial charge in [-0.2, -0.15) is 5.10 Å². The van der Waals surface area contributed by atoms with E-state index in [4.69, 9.17) is 9.15 Å². The van der Waals surface area contributed by atoms with Crippen LogP contribution in [0.5, 0.6) is 0 Å². The largest absolute Gasteiger partial charge is 0.459 e. The molecule has 1 saturated heterocycles. The molecule has 122 valence electrons. The molecule has 1 aromatic carbocycles. The molecule has 1 aliphatic heterocycles. The highest BCUT2D eigenvalue weighted by Gasteiger charge is 2.33. The molecule has 7 heteroatoms. The van der Waals surface area contributed by atoms with Crippen LogP contribution in [-0.4, -0.2) is 45.3 Å². The van der Waals surface area contributed by atoms with Crippen molar-refractivity contribution in [3.05, 3.63) is 66.6 Å². The Morgan fingerprint density at radius 1 is 1.17 bits per heavy atom. The standard InChI is InChI=1S/C17H16N4O3/c22-17(15-7-4-9-24-15)20-8-10-23-11-14(20)16-18-12-19-21(16)13-5-2-1-3-6-13/h1-7,9,12,14H,8,10-11H2/t14-/m0/s1. The van der Waals surface area contributed by atoms with Crippen LogP contribution in [0, 0.1) is 0 Å². The molecule has 3 heterocycles. The molecule has 7 nitrogen and oxygen atoms in total. The maximum atomic E-state index is 12.7. The van der Waals surface area contributed by atoms with Gasteiger partial charge in [-0.05, 0) is 24.3 Å². The number of morpholine rings is 1. The van der Waals surface area contributed by atoms with Crippen molar-refractivity contribution in [2.24, 2.45) is 0 Å². The number of para-hydroxylation sites is 1. The molecule has 1 fully saturated rings. The van der Waals surface area contributed by atoms with Gasteiger partial charge in [0.25, 0.3) is 5.91 Å². The molecular weight excluding hydrogens is 308 g/mol. The van der Waals surface area contributed by atoms with Crippen LogP contribution in [-0.2, 0) is 4.74 Å². The molecule has 0 bridgehead atoms. The van der Waals surface area contributed by atoms with Crippen molar-refractivity contribution in [1.29, 1.82) is 0 Å². The van der Waals surface area contributed by atoms with Crippen LogP contribution in [0.1, 0.15) is 22.4 Å². The fourth-order valence-electron chi connectivity index (χ4n) is 2.85. The SMILES string of the molecule is O=C(c1ccco1)N1CCOC[C@H]1c1ncnn1-c1ccccc1. The van der Waals surface area contributed by atoms with Crippen molar-refractivity contribution >= 4 is 5.91 Å². The molecule has 0 unspecified atom stereocenters. The van der Waals surface area contributed by atoms with Crippen molar-refractivity contribution in [3.8, 4) is 5.69 Å². The van der Waals surface area contributed by atoms with E-state index in [1.54, 1.807) is 21.7 Å². The van der Waals surface area contributed by atoms with Crippen molar-refractivity contribution in [3.63, 3.8) is 0 Å². The molecule has 3 aromatic rings. The Kier molecular flexibility index (Phi) is 3.84.